The van der Waals surface area contributed by atoms with Gasteiger partial charge in [-0.2, -0.15) is 0 Å². The number of rotatable bonds is 4. The lowest BCUT2D eigenvalue weighted by atomic mass is 9.95. The largest absolute Gasteiger partial charge is 0.507 e. The molecule has 0 spiro atoms. The molecule has 0 aromatic heterocycles. The zero-order valence-corrected chi connectivity index (χ0v) is 14.1. The Morgan fingerprint density at radius 3 is 2.36 bits per heavy atom. The quantitative estimate of drug-likeness (QED) is 0.392. The number of hydrogen-bond donors (Lipinski definition) is 1. The maximum absolute atomic E-state index is 12.6. The van der Waals surface area contributed by atoms with Crippen molar-refractivity contribution < 1.29 is 14.7 Å². The second-order valence-corrected chi connectivity index (χ2v) is 6.09. The van der Waals surface area contributed by atoms with Crippen LogP contribution in [0.2, 0.25) is 5.02 Å². The number of hydrogen-bond acceptors (Lipinski definition) is 3. The Morgan fingerprint density at radius 2 is 1.76 bits per heavy atom. The van der Waals surface area contributed by atoms with E-state index in [0.717, 1.165) is 5.56 Å². The number of benzene rings is 2. The highest BCUT2D eigenvalue weighted by Crippen LogP contribution is 2.39. The van der Waals surface area contributed by atoms with Crippen LogP contribution in [0.5, 0.6) is 0 Å². The number of aliphatic hydroxyl groups excluding tert-OH is 1. The average Bonchev–Trinajstić information content (AvgIpc) is 2.88. The lowest BCUT2D eigenvalue weighted by molar-refractivity contribution is -0.139. The predicted octanol–water partition coefficient (Wildman–Crippen LogP) is 3.95. The van der Waals surface area contributed by atoms with Crippen molar-refractivity contribution in [3.05, 3.63) is 89.0 Å². The van der Waals surface area contributed by atoms with E-state index in [9.17, 15) is 14.7 Å². The van der Waals surface area contributed by atoms with Crippen LogP contribution in [0.4, 0.5) is 0 Å². The van der Waals surface area contributed by atoms with Gasteiger partial charge in [-0.3, -0.25) is 9.59 Å². The van der Waals surface area contributed by atoms with Crippen molar-refractivity contribution in [2.45, 2.75) is 6.04 Å². The highest BCUT2D eigenvalue weighted by Gasteiger charge is 2.45. The maximum atomic E-state index is 12.6. The molecule has 1 fully saturated rings. The van der Waals surface area contributed by atoms with Crippen LogP contribution in [0.15, 0.2) is 72.8 Å². The number of ketones is 1. The molecule has 1 amide bonds. The first-order valence-electron chi connectivity index (χ1n) is 7.74. The fourth-order valence-electron chi connectivity index (χ4n) is 2.95. The van der Waals surface area contributed by atoms with Crippen molar-refractivity contribution in [2.24, 2.45) is 0 Å². The molecule has 5 heteroatoms. The van der Waals surface area contributed by atoms with E-state index in [4.69, 9.17) is 11.6 Å². The van der Waals surface area contributed by atoms with Gasteiger partial charge in [-0.05, 0) is 29.8 Å². The third kappa shape index (κ3) is 3.08. The summed E-state index contributed by atoms with van der Waals surface area (Å²) in [6.45, 7) is 3.86. The number of halogens is 1. The van der Waals surface area contributed by atoms with E-state index in [2.05, 4.69) is 6.58 Å². The van der Waals surface area contributed by atoms with Crippen LogP contribution in [0, 0.1) is 0 Å². The monoisotopic (exact) mass is 353 g/mol. The molecule has 1 N–H and O–H groups in total. The molecule has 2 aromatic rings. The molecule has 1 saturated heterocycles. The zero-order chi connectivity index (χ0) is 18.0. The van der Waals surface area contributed by atoms with Crippen molar-refractivity contribution in [1.82, 2.24) is 4.90 Å². The highest BCUT2D eigenvalue weighted by atomic mass is 35.5. The number of likely N-dealkylation sites (tertiary alicyclic amines) is 1. The Morgan fingerprint density at radius 1 is 1.12 bits per heavy atom. The molecule has 0 radical (unpaired) electrons. The van der Waals surface area contributed by atoms with E-state index in [1.165, 1.54) is 4.90 Å². The third-order valence-corrected chi connectivity index (χ3v) is 4.35. The molecule has 0 aliphatic carbocycles. The van der Waals surface area contributed by atoms with Gasteiger partial charge in [0.2, 0.25) is 0 Å². The number of amides is 1. The standard InChI is InChI=1S/C20H16ClNO3/c1-2-12-22-17(13-6-4-3-5-7-13)16(19(24)20(22)25)18(23)14-8-10-15(21)11-9-14/h2-11,17,23H,1,12H2. The highest BCUT2D eigenvalue weighted by molar-refractivity contribution is 6.46. The summed E-state index contributed by atoms with van der Waals surface area (Å²) < 4.78 is 0. The molecule has 1 atom stereocenters. The topological polar surface area (TPSA) is 57.6 Å². The summed E-state index contributed by atoms with van der Waals surface area (Å²) in [5.41, 5.74) is 1.25. The molecule has 2 aromatic carbocycles. The van der Waals surface area contributed by atoms with Gasteiger partial charge in [-0.25, -0.2) is 0 Å². The molecular weight excluding hydrogens is 338 g/mol. The molecule has 0 saturated carbocycles. The van der Waals surface area contributed by atoms with Crippen LogP contribution in [0.25, 0.3) is 5.76 Å². The normalized spacial score (nSPS) is 19.2. The molecule has 0 bridgehead atoms. The number of carbonyl (C=O) groups excluding carboxylic acids is 2. The van der Waals surface area contributed by atoms with Crippen LogP contribution < -0.4 is 0 Å². The van der Waals surface area contributed by atoms with Crippen LogP contribution in [0.1, 0.15) is 17.2 Å². The van der Waals surface area contributed by atoms with E-state index in [1.54, 1.807) is 30.3 Å². The molecule has 1 unspecified atom stereocenters. The third-order valence-electron chi connectivity index (χ3n) is 4.10. The van der Waals surface area contributed by atoms with Gasteiger partial charge in [0, 0.05) is 17.1 Å². The lowest BCUT2D eigenvalue weighted by Gasteiger charge is -2.24. The van der Waals surface area contributed by atoms with E-state index in [1.807, 2.05) is 30.3 Å². The SMILES string of the molecule is C=CCN1C(=O)C(=O)C(=C(O)c2ccc(Cl)cc2)C1c1ccccc1. The molecule has 25 heavy (non-hydrogen) atoms. The number of nitrogens with zero attached hydrogens (tertiary/aromatic N) is 1. The summed E-state index contributed by atoms with van der Waals surface area (Å²) in [6.07, 6.45) is 1.56. The van der Waals surface area contributed by atoms with Crippen LogP contribution in [-0.2, 0) is 9.59 Å². The molecular formula is C20H16ClNO3. The number of carbonyl (C=O) groups is 2. The van der Waals surface area contributed by atoms with E-state index >= 15 is 0 Å². The minimum atomic E-state index is -0.705. The summed E-state index contributed by atoms with van der Waals surface area (Å²) in [4.78, 5) is 26.4. The summed E-state index contributed by atoms with van der Waals surface area (Å²) in [7, 11) is 0. The summed E-state index contributed by atoms with van der Waals surface area (Å²) in [5.74, 6) is -1.57. The molecule has 1 aliphatic heterocycles. The second kappa shape index (κ2) is 6.95. The van der Waals surface area contributed by atoms with Gasteiger partial charge in [-0.15, -0.1) is 6.58 Å². The molecule has 3 rings (SSSR count). The second-order valence-electron chi connectivity index (χ2n) is 5.66. The van der Waals surface area contributed by atoms with Gasteiger partial charge in [0.1, 0.15) is 5.76 Å². The first-order valence-corrected chi connectivity index (χ1v) is 8.12. The van der Waals surface area contributed by atoms with E-state index < -0.39 is 17.7 Å². The summed E-state index contributed by atoms with van der Waals surface area (Å²) in [6, 6.07) is 14.9. The summed E-state index contributed by atoms with van der Waals surface area (Å²) in [5, 5.41) is 11.2. The Bertz CT molecular complexity index is 856. The Balaban J connectivity index is 2.19. The van der Waals surface area contributed by atoms with Crippen molar-refractivity contribution in [3.63, 3.8) is 0 Å². The predicted molar refractivity (Wildman–Crippen MR) is 97.1 cm³/mol. The van der Waals surface area contributed by atoms with Gasteiger partial charge in [-0.1, -0.05) is 48.0 Å². The van der Waals surface area contributed by atoms with Crippen LogP contribution in [0.3, 0.4) is 0 Å². The summed E-state index contributed by atoms with van der Waals surface area (Å²) >= 11 is 5.88. The first-order chi connectivity index (χ1) is 12.0. The first kappa shape index (κ1) is 17.0. The van der Waals surface area contributed by atoms with E-state index in [-0.39, 0.29) is 17.9 Å². The van der Waals surface area contributed by atoms with Crippen molar-refractivity contribution in [3.8, 4) is 0 Å². The average molecular weight is 354 g/mol. The van der Waals surface area contributed by atoms with Gasteiger partial charge in [0.05, 0.1) is 11.6 Å². The van der Waals surface area contributed by atoms with Gasteiger partial charge in [0.15, 0.2) is 0 Å². The Kier molecular flexibility index (Phi) is 4.72. The minimum Gasteiger partial charge on any atom is -0.507 e. The van der Waals surface area contributed by atoms with Gasteiger partial charge < -0.3 is 10.0 Å². The maximum Gasteiger partial charge on any atom is 0.295 e. The van der Waals surface area contributed by atoms with Gasteiger partial charge >= 0.3 is 0 Å². The van der Waals surface area contributed by atoms with Crippen LogP contribution >= 0.6 is 11.6 Å². The number of aliphatic hydroxyl groups is 1. The van der Waals surface area contributed by atoms with Gasteiger partial charge in [0.25, 0.3) is 11.7 Å². The smallest absolute Gasteiger partial charge is 0.295 e. The van der Waals surface area contributed by atoms with Crippen molar-refractivity contribution in [2.75, 3.05) is 6.54 Å². The minimum absolute atomic E-state index is 0.0698. The molecule has 4 nitrogen and oxygen atoms in total. The molecule has 1 heterocycles. The molecule has 126 valence electrons. The number of Topliss-reactive ketones (excluding diaryl/α,β-unsaturated/α-hetero) is 1. The fraction of sp³-hybridized carbons (Fsp3) is 0.100. The fourth-order valence-corrected chi connectivity index (χ4v) is 3.08. The molecule has 1 aliphatic rings. The lowest BCUT2D eigenvalue weighted by Crippen LogP contribution is -2.29. The van der Waals surface area contributed by atoms with Crippen molar-refractivity contribution in [1.29, 1.82) is 0 Å². The van der Waals surface area contributed by atoms with Crippen LogP contribution in [-0.4, -0.2) is 28.2 Å². The Hall–Kier alpha value is -2.85. The zero-order valence-electron chi connectivity index (χ0n) is 13.4. The van der Waals surface area contributed by atoms with Crippen molar-refractivity contribution >= 4 is 29.1 Å². The Labute approximate surface area is 150 Å². The van der Waals surface area contributed by atoms with E-state index in [0.29, 0.717) is 10.6 Å².